The minimum Gasteiger partial charge on any atom is -0.357 e. The fraction of sp³-hybridized carbons (Fsp3) is 0.444. The lowest BCUT2D eigenvalue weighted by Crippen LogP contribution is -2.23. The SMILES string of the molecule is O=Cc1ccc(N2CCC(F)(F)C2)s1. The maximum absolute atomic E-state index is 12.9. The van der Waals surface area contributed by atoms with Crippen LogP contribution in [-0.2, 0) is 0 Å². The number of hydrogen-bond acceptors (Lipinski definition) is 3. The molecule has 0 bridgehead atoms. The van der Waals surface area contributed by atoms with E-state index < -0.39 is 5.92 Å². The molecular formula is C9H9F2NOS. The van der Waals surface area contributed by atoms with E-state index in [0.29, 0.717) is 11.4 Å². The third-order valence-electron chi connectivity index (χ3n) is 2.21. The summed E-state index contributed by atoms with van der Waals surface area (Å²) in [7, 11) is 0. The molecule has 1 aromatic rings. The molecule has 1 aromatic heterocycles. The van der Waals surface area contributed by atoms with Gasteiger partial charge >= 0.3 is 0 Å². The third-order valence-corrected chi connectivity index (χ3v) is 3.28. The topological polar surface area (TPSA) is 20.3 Å². The van der Waals surface area contributed by atoms with Crippen molar-refractivity contribution in [2.75, 3.05) is 18.0 Å². The van der Waals surface area contributed by atoms with Crippen molar-refractivity contribution in [1.29, 1.82) is 0 Å². The van der Waals surface area contributed by atoms with Crippen molar-refractivity contribution in [2.24, 2.45) is 0 Å². The first-order chi connectivity index (χ1) is 6.61. The number of anilines is 1. The molecule has 0 aliphatic carbocycles. The molecule has 5 heteroatoms. The summed E-state index contributed by atoms with van der Waals surface area (Å²) >= 11 is 1.26. The highest BCUT2D eigenvalue weighted by molar-refractivity contribution is 7.17. The fourth-order valence-electron chi connectivity index (χ4n) is 1.50. The Bertz CT molecular complexity index is 350. The highest BCUT2D eigenvalue weighted by Crippen LogP contribution is 2.34. The summed E-state index contributed by atoms with van der Waals surface area (Å²) in [5.41, 5.74) is 0. The molecule has 1 fully saturated rings. The molecule has 0 atom stereocenters. The Kier molecular flexibility index (Phi) is 2.26. The highest BCUT2D eigenvalue weighted by Gasteiger charge is 2.38. The highest BCUT2D eigenvalue weighted by atomic mass is 32.1. The molecule has 1 saturated heterocycles. The molecule has 0 spiro atoms. The van der Waals surface area contributed by atoms with Gasteiger partial charge in [0.1, 0.15) is 0 Å². The summed E-state index contributed by atoms with van der Waals surface area (Å²) in [5, 5.41) is 0.754. The zero-order chi connectivity index (χ0) is 10.2. The number of thiophene rings is 1. The van der Waals surface area contributed by atoms with Crippen LogP contribution >= 0.6 is 11.3 Å². The monoisotopic (exact) mass is 217 g/mol. The lowest BCUT2D eigenvalue weighted by molar-refractivity contribution is 0.0257. The number of nitrogens with zero attached hydrogens (tertiary/aromatic N) is 1. The summed E-state index contributed by atoms with van der Waals surface area (Å²) in [6.07, 6.45) is 0.643. The van der Waals surface area contributed by atoms with E-state index in [1.54, 1.807) is 17.0 Å². The summed E-state index contributed by atoms with van der Waals surface area (Å²) in [6, 6.07) is 3.37. The van der Waals surface area contributed by atoms with Crippen molar-refractivity contribution in [3.05, 3.63) is 17.0 Å². The fourth-order valence-corrected chi connectivity index (χ4v) is 2.35. The van der Waals surface area contributed by atoms with Crippen LogP contribution in [0.4, 0.5) is 13.8 Å². The van der Waals surface area contributed by atoms with Gasteiger partial charge in [0.2, 0.25) is 0 Å². The molecule has 0 saturated carbocycles. The summed E-state index contributed by atoms with van der Waals surface area (Å²) in [5.74, 6) is -2.58. The van der Waals surface area contributed by atoms with E-state index in [1.165, 1.54) is 11.3 Å². The average molecular weight is 217 g/mol. The summed E-state index contributed by atoms with van der Waals surface area (Å²) in [6.45, 7) is 0.137. The van der Waals surface area contributed by atoms with Crippen molar-refractivity contribution in [3.63, 3.8) is 0 Å². The van der Waals surface area contributed by atoms with Gasteiger partial charge in [-0.2, -0.15) is 0 Å². The minimum absolute atomic E-state index is 0.0959. The normalized spacial score (nSPS) is 20.0. The van der Waals surface area contributed by atoms with Crippen LogP contribution in [0.15, 0.2) is 12.1 Å². The maximum atomic E-state index is 12.9. The van der Waals surface area contributed by atoms with E-state index in [-0.39, 0.29) is 13.0 Å². The van der Waals surface area contributed by atoms with Gasteiger partial charge in [-0.25, -0.2) is 8.78 Å². The van der Waals surface area contributed by atoms with E-state index in [1.807, 2.05) is 0 Å². The minimum atomic E-state index is -2.58. The van der Waals surface area contributed by atoms with E-state index in [4.69, 9.17) is 0 Å². The molecule has 0 radical (unpaired) electrons. The molecule has 1 aliphatic heterocycles. The van der Waals surface area contributed by atoms with E-state index in [2.05, 4.69) is 0 Å². The van der Waals surface area contributed by atoms with Crippen LogP contribution in [0.1, 0.15) is 16.1 Å². The number of halogens is 2. The van der Waals surface area contributed by atoms with Gasteiger partial charge in [0.05, 0.1) is 16.4 Å². The van der Waals surface area contributed by atoms with E-state index in [0.717, 1.165) is 11.3 Å². The summed E-state index contributed by atoms with van der Waals surface area (Å²) in [4.78, 5) is 12.6. The Morgan fingerprint density at radius 3 is 2.79 bits per heavy atom. The lowest BCUT2D eigenvalue weighted by atomic mass is 10.3. The number of carbonyl (C=O) groups is 1. The van der Waals surface area contributed by atoms with Gasteiger partial charge in [0, 0.05) is 13.0 Å². The second-order valence-corrected chi connectivity index (χ2v) is 4.42. The second kappa shape index (κ2) is 3.31. The standard InChI is InChI=1S/C9H9F2NOS/c10-9(11)3-4-12(6-9)8-2-1-7(5-13)14-8/h1-2,5H,3-4,6H2. The number of alkyl halides is 2. The van der Waals surface area contributed by atoms with Crippen molar-refractivity contribution >= 4 is 22.6 Å². The van der Waals surface area contributed by atoms with Crippen LogP contribution in [-0.4, -0.2) is 25.3 Å². The predicted molar refractivity (Wildman–Crippen MR) is 51.5 cm³/mol. The van der Waals surface area contributed by atoms with Gasteiger partial charge in [0.15, 0.2) is 6.29 Å². The van der Waals surface area contributed by atoms with Crippen molar-refractivity contribution in [1.82, 2.24) is 0 Å². The van der Waals surface area contributed by atoms with Crippen LogP contribution in [0.25, 0.3) is 0 Å². The third kappa shape index (κ3) is 1.77. The smallest absolute Gasteiger partial charge is 0.266 e. The van der Waals surface area contributed by atoms with Gasteiger partial charge in [-0.05, 0) is 12.1 Å². The number of rotatable bonds is 2. The first-order valence-corrected chi connectivity index (χ1v) is 5.10. The zero-order valence-corrected chi connectivity index (χ0v) is 8.19. The Morgan fingerprint density at radius 1 is 1.50 bits per heavy atom. The molecule has 2 rings (SSSR count). The molecule has 0 unspecified atom stereocenters. The Morgan fingerprint density at radius 2 is 2.29 bits per heavy atom. The van der Waals surface area contributed by atoms with E-state index in [9.17, 15) is 13.6 Å². The van der Waals surface area contributed by atoms with Crippen LogP contribution in [0, 0.1) is 0 Å². The molecule has 2 nitrogen and oxygen atoms in total. The van der Waals surface area contributed by atoms with Gasteiger partial charge in [-0.3, -0.25) is 4.79 Å². The van der Waals surface area contributed by atoms with Crippen LogP contribution in [0.2, 0.25) is 0 Å². The van der Waals surface area contributed by atoms with Gasteiger partial charge < -0.3 is 4.90 Å². The molecule has 1 aliphatic rings. The average Bonchev–Trinajstić information content (AvgIpc) is 2.70. The van der Waals surface area contributed by atoms with Crippen LogP contribution in [0.5, 0.6) is 0 Å². The molecule has 0 aromatic carbocycles. The lowest BCUT2D eigenvalue weighted by Gasteiger charge is -2.15. The Hall–Kier alpha value is -0.970. The van der Waals surface area contributed by atoms with Gasteiger partial charge in [-0.1, -0.05) is 0 Å². The Labute approximate surface area is 84.1 Å². The molecule has 14 heavy (non-hydrogen) atoms. The molecular weight excluding hydrogens is 208 g/mol. The van der Waals surface area contributed by atoms with Crippen molar-refractivity contribution in [2.45, 2.75) is 12.3 Å². The Balaban J connectivity index is 2.13. The van der Waals surface area contributed by atoms with Crippen LogP contribution < -0.4 is 4.90 Å². The number of aldehydes is 1. The maximum Gasteiger partial charge on any atom is 0.266 e. The van der Waals surface area contributed by atoms with E-state index >= 15 is 0 Å². The molecule has 76 valence electrons. The van der Waals surface area contributed by atoms with Gasteiger partial charge in [-0.15, -0.1) is 11.3 Å². The first-order valence-electron chi connectivity index (χ1n) is 4.28. The largest absolute Gasteiger partial charge is 0.357 e. The predicted octanol–water partition coefficient (Wildman–Crippen LogP) is 2.41. The quantitative estimate of drug-likeness (QED) is 0.709. The van der Waals surface area contributed by atoms with Crippen molar-refractivity contribution < 1.29 is 13.6 Å². The van der Waals surface area contributed by atoms with Crippen LogP contribution in [0.3, 0.4) is 0 Å². The number of carbonyl (C=O) groups excluding carboxylic acids is 1. The molecule has 0 N–H and O–H groups in total. The van der Waals surface area contributed by atoms with Crippen molar-refractivity contribution in [3.8, 4) is 0 Å². The zero-order valence-electron chi connectivity index (χ0n) is 7.37. The molecule has 0 amide bonds. The van der Waals surface area contributed by atoms with Gasteiger partial charge in [0.25, 0.3) is 5.92 Å². The number of hydrogen-bond donors (Lipinski definition) is 0. The second-order valence-electron chi connectivity index (χ2n) is 3.32. The first kappa shape index (κ1) is 9.58. The summed E-state index contributed by atoms with van der Waals surface area (Å²) < 4.78 is 25.7. The molecule has 2 heterocycles.